The van der Waals surface area contributed by atoms with Crippen LogP contribution in [0.4, 0.5) is 0 Å². The molecule has 0 unspecified atom stereocenters. The molecular weight excluding hydrogens is 150 g/mol. The van der Waals surface area contributed by atoms with E-state index in [4.69, 9.17) is 4.42 Å². The summed E-state index contributed by atoms with van der Waals surface area (Å²) < 4.78 is 5.23. The second-order valence-corrected chi connectivity index (χ2v) is 2.79. The van der Waals surface area contributed by atoms with E-state index in [2.05, 4.69) is 19.2 Å². The van der Waals surface area contributed by atoms with Crippen LogP contribution < -0.4 is 5.32 Å². The van der Waals surface area contributed by atoms with Gasteiger partial charge in [0, 0.05) is 10.9 Å². The van der Waals surface area contributed by atoms with Crippen molar-refractivity contribution in [1.82, 2.24) is 0 Å². The molecule has 0 saturated heterocycles. The van der Waals surface area contributed by atoms with Crippen molar-refractivity contribution in [3.63, 3.8) is 0 Å². The second-order valence-electron chi connectivity index (χ2n) is 2.79. The van der Waals surface area contributed by atoms with Gasteiger partial charge in [0.25, 0.3) is 0 Å². The molecule has 0 radical (unpaired) electrons. The predicted octanol–water partition coefficient (Wildman–Crippen LogP) is 1.29. The van der Waals surface area contributed by atoms with Crippen LogP contribution in [-0.2, 0) is 6.54 Å². The zero-order chi connectivity index (χ0) is 8.39. The molecule has 1 heterocycles. The summed E-state index contributed by atoms with van der Waals surface area (Å²) in [5.41, 5.74) is 2.22. The fourth-order valence-electron chi connectivity index (χ4n) is 1.31. The maximum Gasteiger partial charge on any atom is 0.133 e. The summed E-state index contributed by atoms with van der Waals surface area (Å²) in [7, 11) is 3.70. The second kappa shape index (κ2) is 2.99. The molecule has 0 atom stereocenters. The molecule has 1 aromatic heterocycles. The van der Waals surface area contributed by atoms with Gasteiger partial charge in [0.1, 0.15) is 5.58 Å². The average Bonchev–Trinajstić information content (AvgIpc) is 2.51. The summed E-state index contributed by atoms with van der Waals surface area (Å²) in [5, 5.41) is 3.07. The Morgan fingerprint density at radius 2 is 2.25 bits per heavy atom. The van der Waals surface area contributed by atoms with Crippen LogP contribution >= 0.6 is 0 Å². The standard InChI is InChI=1S/C10H11NO/c1-11-7-8-2-3-10-9(6-8)4-5-12-10/h2-6H,1,7,11H2. The van der Waals surface area contributed by atoms with Gasteiger partial charge in [-0.05, 0) is 24.3 Å². The van der Waals surface area contributed by atoms with Crippen molar-refractivity contribution >= 4 is 11.0 Å². The maximum atomic E-state index is 5.23. The Labute approximate surface area is 71.2 Å². The quantitative estimate of drug-likeness (QED) is 0.661. The van der Waals surface area contributed by atoms with E-state index in [1.807, 2.05) is 17.4 Å². The Balaban J connectivity index is 2.46. The number of furan rings is 1. The predicted molar refractivity (Wildman–Crippen MR) is 47.2 cm³/mol. The van der Waals surface area contributed by atoms with Gasteiger partial charge in [-0.3, -0.25) is 0 Å². The number of fused-ring (bicyclic) bond motifs is 1. The van der Waals surface area contributed by atoms with Gasteiger partial charge in [-0.25, -0.2) is 0 Å². The van der Waals surface area contributed by atoms with Crippen LogP contribution in [0.25, 0.3) is 11.0 Å². The Morgan fingerprint density at radius 3 is 3.08 bits per heavy atom. The number of nitrogens with two attached hydrogens (primary N) is 1. The highest BCUT2D eigenvalue weighted by atomic mass is 16.3. The Bertz CT molecular complexity index is 378. The van der Waals surface area contributed by atoms with E-state index >= 15 is 0 Å². The smallest absolute Gasteiger partial charge is 0.133 e. The molecule has 12 heavy (non-hydrogen) atoms. The minimum absolute atomic E-state index is 0.918. The van der Waals surface area contributed by atoms with Crippen LogP contribution in [0.1, 0.15) is 5.56 Å². The molecule has 2 rings (SSSR count). The molecule has 2 N–H and O–H groups in total. The molecular formula is C10H11NO. The molecule has 2 aromatic rings. The van der Waals surface area contributed by atoms with Gasteiger partial charge in [0.05, 0.1) is 12.8 Å². The van der Waals surface area contributed by atoms with Crippen LogP contribution in [0.3, 0.4) is 0 Å². The van der Waals surface area contributed by atoms with E-state index in [9.17, 15) is 0 Å². The van der Waals surface area contributed by atoms with Crippen molar-refractivity contribution in [2.24, 2.45) is 0 Å². The third kappa shape index (κ3) is 1.21. The topological polar surface area (TPSA) is 29.8 Å². The van der Waals surface area contributed by atoms with E-state index in [-0.39, 0.29) is 0 Å². The number of hydrogen-bond acceptors (Lipinski definition) is 1. The van der Waals surface area contributed by atoms with Gasteiger partial charge < -0.3 is 9.73 Å². The SMILES string of the molecule is [CH2-][NH2+]Cc1ccc2occc2c1. The molecule has 62 valence electrons. The summed E-state index contributed by atoms with van der Waals surface area (Å²) in [6, 6.07) is 8.16. The van der Waals surface area contributed by atoms with E-state index in [1.165, 1.54) is 5.56 Å². The Kier molecular flexibility index (Phi) is 1.84. The number of hydrogen-bond donors (Lipinski definition) is 1. The molecule has 0 saturated carbocycles. The maximum absolute atomic E-state index is 5.23. The third-order valence-electron chi connectivity index (χ3n) is 1.90. The first-order valence-corrected chi connectivity index (χ1v) is 3.97. The summed E-state index contributed by atoms with van der Waals surface area (Å²) in [5.74, 6) is 0. The first-order valence-electron chi connectivity index (χ1n) is 3.97. The summed E-state index contributed by atoms with van der Waals surface area (Å²) in [4.78, 5) is 0. The number of rotatable bonds is 2. The monoisotopic (exact) mass is 161 g/mol. The van der Waals surface area contributed by atoms with Crippen molar-refractivity contribution in [3.8, 4) is 0 Å². The summed E-state index contributed by atoms with van der Waals surface area (Å²) in [6.07, 6.45) is 1.71. The fraction of sp³-hybridized carbons (Fsp3) is 0.100. The number of quaternary nitrogens is 1. The largest absolute Gasteiger partial charge is 0.475 e. The van der Waals surface area contributed by atoms with Crippen molar-refractivity contribution < 1.29 is 9.73 Å². The number of benzene rings is 1. The van der Waals surface area contributed by atoms with Gasteiger partial charge in [-0.2, -0.15) is 7.05 Å². The van der Waals surface area contributed by atoms with Crippen molar-refractivity contribution in [3.05, 3.63) is 43.1 Å². The van der Waals surface area contributed by atoms with Crippen molar-refractivity contribution in [2.45, 2.75) is 6.54 Å². The lowest BCUT2D eigenvalue weighted by Crippen LogP contribution is -2.74. The molecule has 0 bridgehead atoms. The first-order chi connectivity index (χ1) is 5.90. The van der Waals surface area contributed by atoms with Gasteiger partial charge in [0.2, 0.25) is 0 Å². The molecule has 2 heteroatoms. The van der Waals surface area contributed by atoms with Crippen LogP contribution in [0.15, 0.2) is 34.9 Å². The molecule has 0 aliphatic carbocycles. The Hall–Kier alpha value is -1.28. The summed E-state index contributed by atoms with van der Waals surface area (Å²) >= 11 is 0. The minimum Gasteiger partial charge on any atom is -0.475 e. The van der Waals surface area contributed by atoms with Gasteiger partial charge in [-0.15, -0.1) is 0 Å². The van der Waals surface area contributed by atoms with Crippen LogP contribution in [-0.4, -0.2) is 0 Å². The lowest BCUT2D eigenvalue weighted by Gasteiger charge is -1.99. The van der Waals surface area contributed by atoms with Crippen LogP contribution in [0.2, 0.25) is 0 Å². The van der Waals surface area contributed by atoms with Crippen LogP contribution in [0, 0.1) is 7.05 Å². The van der Waals surface area contributed by atoms with E-state index < -0.39 is 0 Å². The summed E-state index contributed by atoms with van der Waals surface area (Å²) in [6.45, 7) is 0.918. The lowest BCUT2D eigenvalue weighted by atomic mass is 10.1. The zero-order valence-corrected chi connectivity index (χ0v) is 6.79. The fourth-order valence-corrected chi connectivity index (χ4v) is 1.31. The van der Waals surface area contributed by atoms with E-state index in [0.717, 1.165) is 17.5 Å². The third-order valence-corrected chi connectivity index (χ3v) is 1.90. The highest BCUT2D eigenvalue weighted by Crippen LogP contribution is 2.16. The lowest BCUT2D eigenvalue weighted by molar-refractivity contribution is -0.612. The van der Waals surface area contributed by atoms with E-state index in [0.29, 0.717) is 0 Å². The normalized spacial score (nSPS) is 10.8. The zero-order valence-electron chi connectivity index (χ0n) is 6.79. The molecule has 0 fully saturated rings. The highest BCUT2D eigenvalue weighted by Gasteiger charge is 1.97. The molecule has 0 aliphatic rings. The molecule has 0 aliphatic heterocycles. The first kappa shape index (κ1) is 7.37. The van der Waals surface area contributed by atoms with Crippen molar-refractivity contribution in [2.75, 3.05) is 0 Å². The van der Waals surface area contributed by atoms with Crippen LogP contribution in [0.5, 0.6) is 0 Å². The van der Waals surface area contributed by atoms with Gasteiger partial charge >= 0.3 is 0 Å². The molecule has 2 nitrogen and oxygen atoms in total. The molecule has 0 amide bonds. The van der Waals surface area contributed by atoms with Gasteiger partial charge in [0.15, 0.2) is 0 Å². The minimum atomic E-state index is 0.918. The van der Waals surface area contributed by atoms with E-state index in [1.54, 1.807) is 6.26 Å². The van der Waals surface area contributed by atoms with Crippen molar-refractivity contribution in [1.29, 1.82) is 0 Å². The Morgan fingerprint density at radius 1 is 1.33 bits per heavy atom. The molecule has 1 aromatic carbocycles. The highest BCUT2D eigenvalue weighted by molar-refractivity contribution is 5.77. The van der Waals surface area contributed by atoms with Gasteiger partial charge in [-0.1, -0.05) is 0 Å². The average molecular weight is 161 g/mol. The molecule has 0 spiro atoms.